The van der Waals surface area contributed by atoms with Crippen LogP contribution < -0.4 is 16.0 Å². The van der Waals surface area contributed by atoms with Gasteiger partial charge < -0.3 is 30.4 Å². The molecule has 14 nitrogen and oxygen atoms in total. The third kappa shape index (κ3) is 10.9. The maximum Gasteiger partial charge on any atom is 0.290 e. The van der Waals surface area contributed by atoms with Gasteiger partial charge in [-0.25, -0.2) is 9.97 Å². The lowest BCUT2D eigenvalue weighted by Crippen LogP contribution is -2.45. The average molecular weight is 710 g/mol. The Morgan fingerprint density at radius 3 is 2.44 bits per heavy atom. The summed E-state index contributed by atoms with van der Waals surface area (Å²) in [6.45, 7) is 8.41. The Kier molecular flexibility index (Phi) is 14.5. The van der Waals surface area contributed by atoms with Crippen LogP contribution in [0.4, 0.5) is 0 Å². The molecule has 2 aliphatic heterocycles. The van der Waals surface area contributed by atoms with Gasteiger partial charge in [0.25, 0.3) is 18.3 Å². The summed E-state index contributed by atoms with van der Waals surface area (Å²) < 4.78 is 6.02. The van der Waals surface area contributed by atoms with E-state index in [1.807, 2.05) is 44.2 Å². The molecule has 0 aliphatic carbocycles. The number of rotatable bonds is 5. The first-order chi connectivity index (χ1) is 24.1. The van der Waals surface area contributed by atoms with Crippen LogP contribution in [0.2, 0.25) is 0 Å². The number of thiazole rings is 1. The number of benzene rings is 1. The van der Waals surface area contributed by atoms with Gasteiger partial charge in [-0.1, -0.05) is 50.6 Å². The highest BCUT2D eigenvalue weighted by Crippen LogP contribution is 2.27. The molecule has 1 unspecified atom stereocenters. The highest BCUT2D eigenvalue weighted by molar-refractivity contribution is 7.09. The second-order valence-electron chi connectivity index (χ2n) is 12.7. The molecule has 1 fully saturated rings. The first-order valence-electron chi connectivity index (χ1n) is 17.0. The summed E-state index contributed by atoms with van der Waals surface area (Å²) in [5.41, 5.74) is 1.36. The zero-order chi connectivity index (χ0) is 36.0. The molecule has 270 valence electrons. The van der Waals surface area contributed by atoms with Gasteiger partial charge in [-0.15, -0.1) is 11.3 Å². The number of nitrogens with one attached hydrogen (secondary N) is 3. The van der Waals surface area contributed by atoms with Gasteiger partial charge in [0.15, 0.2) is 5.69 Å². The summed E-state index contributed by atoms with van der Waals surface area (Å²) in [4.78, 5) is 74.7. The number of likely N-dealkylation sites (tertiary alicyclic amines) is 1. The number of fused-ring (bicyclic) bond motifs is 4. The lowest BCUT2D eigenvalue weighted by Gasteiger charge is -2.29. The van der Waals surface area contributed by atoms with Crippen molar-refractivity contribution < 1.29 is 33.5 Å². The smallest absolute Gasteiger partial charge is 0.290 e. The number of nitrogens with zero attached hydrogens (tertiary/aromatic N) is 4. The number of hydrogen-bond acceptors (Lipinski definition) is 10. The van der Waals surface area contributed by atoms with Crippen LogP contribution in [-0.4, -0.2) is 94.2 Å². The predicted octanol–water partition coefficient (Wildman–Crippen LogP) is 3.51. The van der Waals surface area contributed by atoms with Gasteiger partial charge in [0, 0.05) is 37.9 Å². The average Bonchev–Trinajstić information content (AvgIpc) is 3.74. The second kappa shape index (κ2) is 18.9. The van der Waals surface area contributed by atoms with Crippen LogP contribution in [0.5, 0.6) is 0 Å². The number of hydrogen-bond donors (Lipinski definition) is 4. The molecule has 2 aliphatic rings. The molecule has 1 aromatic carbocycles. The van der Waals surface area contributed by atoms with Crippen LogP contribution in [0.1, 0.15) is 101 Å². The van der Waals surface area contributed by atoms with Crippen LogP contribution in [-0.2, 0) is 20.8 Å². The van der Waals surface area contributed by atoms with Crippen molar-refractivity contribution >= 4 is 41.4 Å². The number of carboxylic acid groups (broad SMARTS) is 1. The largest absolute Gasteiger partial charge is 0.483 e. The van der Waals surface area contributed by atoms with E-state index >= 15 is 0 Å². The maximum absolute atomic E-state index is 13.5. The van der Waals surface area contributed by atoms with E-state index in [0.29, 0.717) is 43.2 Å². The molecule has 4 bridgehead atoms. The lowest BCUT2D eigenvalue weighted by atomic mass is 10.0. The summed E-state index contributed by atoms with van der Waals surface area (Å²) >= 11 is 1.30. The summed E-state index contributed by atoms with van der Waals surface area (Å²) in [6.07, 6.45) is 4.37. The van der Waals surface area contributed by atoms with E-state index < -0.39 is 18.0 Å². The van der Waals surface area contributed by atoms with Crippen molar-refractivity contribution in [3.63, 3.8) is 0 Å². The van der Waals surface area contributed by atoms with E-state index in [9.17, 15) is 19.2 Å². The summed E-state index contributed by atoms with van der Waals surface area (Å²) in [7, 11) is 0. The third-order valence-electron chi connectivity index (χ3n) is 8.58. The van der Waals surface area contributed by atoms with Gasteiger partial charge in [-0.05, 0) is 50.8 Å². The monoisotopic (exact) mass is 709 g/mol. The maximum atomic E-state index is 13.5. The summed E-state index contributed by atoms with van der Waals surface area (Å²) in [5.74, 6) is -0.453. The quantitative estimate of drug-likeness (QED) is 0.286. The minimum atomic E-state index is -0.606. The Hall–Kier alpha value is -4.63. The van der Waals surface area contributed by atoms with E-state index in [-0.39, 0.29) is 60.4 Å². The molecule has 50 heavy (non-hydrogen) atoms. The highest BCUT2D eigenvalue weighted by Gasteiger charge is 2.29. The van der Waals surface area contributed by atoms with Crippen LogP contribution >= 0.6 is 11.3 Å². The molecule has 0 saturated carbocycles. The van der Waals surface area contributed by atoms with E-state index in [1.54, 1.807) is 17.2 Å². The number of carbonyl (C=O) groups excluding carboxylic acids is 4. The van der Waals surface area contributed by atoms with Crippen molar-refractivity contribution in [3.05, 3.63) is 69.3 Å². The van der Waals surface area contributed by atoms with Crippen LogP contribution in [0.25, 0.3) is 0 Å². The van der Waals surface area contributed by atoms with Crippen molar-refractivity contribution in [1.82, 2.24) is 35.7 Å². The SMILES string of the molecule is Cc1oc2nc1C(=O)NC(C(C)C)c1nc(cs1)C(=O)NCCN(C(=O)CN1CCCCC1)CCCC(=O)N[C@H]2Cc1ccccc1.O=CO. The molecular weight excluding hydrogens is 662 g/mol. The zero-order valence-electron chi connectivity index (χ0n) is 28.9. The fourth-order valence-corrected chi connectivity index (χ4v) is 6.97. The topological polar surface area (TPSA) is 187 Å². The Bertz CT molecular complexity index is 1590. The molecule has 4 heterocycles. The van der Waals surface area contributed by atoms with Crippen LogP contribution in [0.3, 0.4) is 0 Å². The van der Waals surface area contributed by atoms with Gasteiger partial charge in [-0.2, -0.15) is 0 Å². The molecule has 4 amide bonds. The number of amides is 4. The van der Waals surface area contributed by atoms with Crippen LogP contribution in [0, 0.1) is 12.8 Å². The number of oxazole rings is 1. The van der Waals surface area contributed by atoms with E-state index in [0.717, 1.165) is 31.5 Å². The molecule has 2 aromatic heterocycles. The summed E-state index contributed by atoms with van der Waals surface area (Å²) in [5, 5.41) is 18.2. The normalized spacial score (nSPS) is 19.8. The fraction of sp³-hybridized carbons (Fsp3) is 0.514. The van der Waals surface area contributed by atoms with Gasteiger partial charge in [-0.3, -0.25) is 28.9 Å². The predicted molar refractivity (Wildman–Crippen MR) is 187 cm³/mol. The van der Waals surface area contributed by atoms with Gasteiger partial charge in [0.05, 0.1) is 12.6 Å². The van der Waals surface area contributed by atoms with E-state index in [4.69, 9.17) is 14.3 Å². The van der Waals surface area contributed by atoms with Crippen molar-refractivity contribution in [1.29, 1.82) is 0 Å². The molecular formula is C35H47N7O7S. The molecule has 2 atom stereocenters. The molecule has 0 radical (unpaired) electrons. The first-order valence-corrected chi connectivity index (χ1v) is 17.9. The molecule has 4 N–H and O–H groups in total. The van der Waals surface area contributed by atoms with Crippen molar-refractivity contribution in [2.75, 3.05) is 39.3 Å². The highest BCUT2D eigenvalue weighted by atomic mass is 32.1. The zero-order valence-corrected chi connectivity index (χ0v) is 29.7. The van der Waals surface area contributed by atoms with E-state index in [2.05, 4.69) is 30.8 Å². The first kappa shape index (κ1) is 38.2. The number of piperidine rings is 1. The molecule has 0 spiro atoms. The third-order valence-corrected chi connectivity index (χ3v) is 9.51. The van der Waals surface area contributed by atoms with Crippen molar-refractivity contribution in [2.45, 2.75) is 71.4 Å². The van der Waals surface area contributed by atoms with Gasteiger partial charge in [0.2, 0.25) is 17.7 Å². The molecule has 1 saturated heterocycles. The standard InChI is InChI=1S/C34H45N7O5S.CH2O2/c1-22(2)29-34-37-26(21-47-34)31(44)35-14-18-41(28(43)20-40-15-8-5-9-16-40)17-10-13-27(42)36-25(19-24-11-6-4-7-12-24)33-39-30(23(3)46-33)32(45)38-29;2-1-3/h4,6-7,11-12,21-22,25,29H,5,8-10,13-20H2,1-3H3,(H,35,44)(H,36,42)(H,38,45);1H,(H,2,3)/t25-,29?;/m0./s1. The van der Waals surface area contributed by atoms with Crippen molar-refractivity contribution in [3.8, 4) is 0 Å². The summed E-state index contributed by atoms with van der Waals surface area (Å²) in [6, 6.07) is 8.63. The fourth-order valence-electron chi connectivity index (χ4n) is 5.95. The minimum absolute atomic E-state index is 0.0140. The Balaban J connectivity index is 0.00000181. The molecule has 5 rings (SSSR count). The Morgan fingerprint density at radius 1 is 1.02 bits per heavy atom. The minimum Gasteiger partial charge on any atom is -0.483 e. The van der Waals surface area contributed by atoms with Gasteiger partial charge >= 0.3 is 0 Å². The molecule has 3 aromatic rings. The lowest BCUT2D eigenvalue weighted by molar-refractivity contribution is -0.133. The molecule has 15 heteroatoms. The Morgan fingerprint density at radius 2 is 1.74 bits per heavy atom. The number of carbonyl (C=O) groups is 5. The Labute approximate surface area is 296 Å². The van der Waals surface area contributed by atoms with Crippen LogP contribution in [0.15, 0.2) is 40.1 Å². The van der Waals surface area contributed by atoms with Gasteiger partial charge in [0.1, 0.15) is 22.5 Å². The number of aromatic nitrogens is 2. The second-order valence-corrected chi connectivity index (χ2v) is 13.6. The number of aryl methyl sites for hydroxylation is 1. The van der Waals surface area contributed by atoms with E-state index in [1.165, 1.54) is 17.8 Å². The van der Waals surface area contributed by atoms with Crippen molar-refractivity contribution in [2.24, 2.45) is 5.92 Å².